The molecule has 0 saturated heterocycles. The zero-order valence-electron chi connectivity index (χ0n) is 16.7. The Morgan fingerprint density at radius 3 is 2.42 bits per heavy atom. The van der Waals surface area contributed by atoms with Gasteiger partial charge in [0.25, 0.3) is 5.91 Å². The first-order valence-corrected chi connectivity index (χ1v) is 9.93. The monoisotopic (exact) mass is 477 g/mol. The predicted octanol–water partition coefficient (Wildman–Crippen LogP) is 5.62. The zero-order valence-corrected chi connectivity index (χ0v) is 17.4. The second-order valence-corrected chi connectivity index (χ2v) is 7.38. The van der Waals surface area contributed by atoms with Gasteiger partial charge >= 0.3 is 12.1 Å². The highest BCUT2D eigenvalue weighted by Crippen LogP contribution is 2.37. The van der Waals surface area contributed by atoms with Crippen LogP contribution in [0.4, 0.5) is 18.9 Å². The maximum absolute atomic E-state index is 13.4. The summed E-state index contributed by atoms with van der Waals surface area (Å²) in [6.45, 7) is 0.00547. The highest BCUT2D eigenvalue weighted by Gasteiger charge is 2.35. The van der Waals surface area contributed by atoms with Gasteiger partial charge in [0.2, 0.25) is 12.9 Å². The Balaban J connectivity index is 1.62. The van der Waals surface area contributed by atoms with Crippen molar-refractivity contribution >= 4 is 29.2 Å². The number of rotatable bonds is 5. The van der Waals surface area contributed by atoms with Crippen molar-refractivity contribution in [1.82, 2.24) is 0 Å². The molecule has 3 aromatic carbocycles. The highest BCUT2D eigenvalue weighted by atomic mass is 35.5. The number of nitrogens with one attached hydrogen (secondary N) is 1. The number of carbonyl (C=O) groups excluding carboxylic acids is 2. The van der Waals surface area contributed by atoms with Crippen LogP contribution in [0.2, 0.25) is 5.02 Å². The number of carbonyl (C=O) groups is 2. The van der Waals surface area contributed by atoms with Gasteiger partial charge in [-0.1, -0.05) is 41.9 Å². The van der Waals surface area contributed by atoms with Crippen LogP contribution in [-0.2, 0) is 15.7 Å². The van der Waals surface area contributed by atoms with E-state index in [4.69, 9.17) is 25.8 Å². The number of benzene rings is 3. The lowest BCUT2D eigenvalue weighted by atomic mass is 10.1. The molecule has 4 rings (SSSR count). The Morgan fingerprint density at radius 2 is 1.70 bits per heavy atom. The van der Waals surface area contributed by atoms with Crippen molar-refractivity contribution in [3.63, 3.8) is 0 Å². The molecule has 33 heavy (non-hydrogen) atoms. The fourth-order valence-corrected chi connectivity index (χ4v) is 3.33. The molecule has 0 spiro atoms. The van der Waals surface area contributed by atoms with Crippen LogP contribution in [0.25, 0.3) is 0 Å². The maximum Gasteiger partial charge on any atom is 0.418 e. The van der Waals surface area contributed by atoms with Crippen LogP contribution in [0.5, 0.6) is 11.5 Å². The number of ether oxygens (including phenoxy) is 3. The van der Waals surface area contributed by atoms with Crippen molar-refractivity contribution in [1.29, 1.82) is 0 Å². The molecule has 1 aliphatic heterocycles. The number of amides is 1. The number of hydrogen-bond donors (Lipinski definition) is 1. The number of fused-ring (bicyclic) bond motifs is 1. The first-order chi connectivity index (χ1) is 15.7. The number of hydrogen-bond acceptors (Lipinski definition) is 5. The average molecular weight is 478 g/mol. The molecule has 0 saturated carbocycles. The third-order valence-electron chi connectivity index (χ3n) is 4.72. The van der Waals surface area contributed by atoms with Crippen LogP contribution in [0.1, 0.15) is 27.6 Å². The van der Waals surface area contributed by atoms with E-state index >= 15 is 0 Å². The molecule has 0 fully saturated rings. The quantitative estimate of drug-likeness (QED) is 0.482. The molecule has 1 aliphatic rings. The SMILES string of the molecule is O=C(O[C@@H](C(=O)Nc1ccc(Cl)cc1C(F)(F)F)c1ccccc1)c1ccc2c(c1)OCO2. The van der Waals surface area contributed by atoms with Crippen LogP contribution < -0.4 is 14.8 Å². The molecule has 10 heteroatoms. The van der Waals surface area contributed by atoms with Gasteiger partial charge in [0.05, 0.1) is 16.8 Å². The first kappa shape index (κ1) is 22.5. The van der Waals surface area contributed by atoms with Gasteiger partial charge in [-0.3, -0.25) is 4.79 Å². The summed E-state index contributed by atoms with van der Waals surface area (Å²) in [5, 5.41) is 2.06. The van der Waals surface area contributed by atoms with E-state index in [2.05, 4.69) is 5.32 Å². The van der Waals surface area contributed by atoms with Gasteiger partial charge in [0.1, 0.15) is 0 Å². The van der Waals surface area contributed by atoms with E-state index in [1.807, 2.05) is 0 Å². The molecule has 0 bridgehead atoms. The number of esters is 1. The summed E-state index contributed by atoms with van der Waals surface area (Å²) in [6, 6.07) is 15.2. The van der Waals surface area contributed by atoms with Crippen molar-refractivity contribution < 1.29 is 37.0 Å². The van der Waals surface area contributed by atoms with E-state index < -0.39 is 35.4 Å². The number of alkyl halides is 3. The summed E-state index contributed by atoms with van der Waals surface area (Å²) in [5.74, 6) is -1.06. The Hall–Kier alpha value is -3.72. The molecule has 0 aliphatic carbocycles. The lowest BCUT2D eigenvalue weighted by Crippen LogP contribution is -2.27. The van der Waals surface area contributed by atoms with E-state index in [9.17, 15) is 22.8 Å². The topological polar surface area (TPSA) is 73.9 Å². The maximum atomic E-state index is 13.4. The van der Waals surface area contributed by atoms with E-state index in [0.717, 1.165) is 6.07 Å². The van der Waals surface area contributed by atoms with Gasteiger partial charge in [-0.15, -0.1) is 0 Å². The number of anilines is 1. The minimum Gasteiger partial charge on any atom is -0.454 e. The van der Waals surface area contributed by atoms with Gasteiger partial charge in [-0.2, -0.15) is 13.2 Å². The molecular weight excluding hydrogens is 463 g/mol. The third kappa shape index (κ3) is 5.04. The highest BCUT2D eigenvalue weighted by molar-refractivity contribution is 6.30. The minimum absolute atomic E-state index is 0.00547. The van der Waals surface area contributed by atoms with Gasteiger partial charge in [0, 0.05) is 10.6 Å². The summed E-state index contributed by atoms with van der Waals surface area (Å²) >= 11 is 5.69. The molecule has 1 N–H and O–H groups in total. The van der Waals surface area contributed by atoms with Crippen molar-refractivity contribution in [2.45, 2.75) is 12.3 Å². The van der Waals surface area contributed by atoms with E-state index in [1.54, 1.807) is 18.2 Å². The van der Waals surface area contributed by atoms with Crippen molar-refractivity contribution in [2.75, 3.05) is 12.1 Å². The van der Waals surface area contributed by atoms with Crippen LogP contribution in [-0.4, -0.2) is 18.7 Å². The predicted molar refractivity (Wildman–Crippen MR) is 112 cm³/mol. The Kier molecular flexibility index (Phi) is 6.15. The summed E-state index contributed by atoms with van der Waals surface area (Å²) in [6.07, 6.45) is -6.29. The lowest BCUT2D eigenvalue weighted by Gasteiger charge is -2.20. The second-order valence-electron chi connectivity index (χ2n) is 6.94. The molecule has 3 aromatic rings. The molecule has 0 radical (unpaired) electrons. The Bertz CT molecular complexity index is 1200. The summed E-state index contributed by atoms with van der Waals surface area (Å²) in [7, 11) is 0. The van der Waals surface area contributed by atoms with Crippen molar-refractivity contribution in [2.24, 2.45) is 0 Å². The second kappa shape index (κ2) is 9.03. The largest absolute Gasteiger partial charge is 0.454 e. The molecule has 1 atom stereocenters. The molecule has 170 valence electrons. The van der Waals surface area contributed by atoms with Gasteiger partial charge < -0.3 is 19.5 Å². The Morgan fingerprint density at radius 1 is 0.970 bits per heavy atom. The third-order valence-corrected chi connectivity index (χ3v) is 4.95. The molecule has 0 aromatic heterocycles. The summed E-state index contributed by atoms with van der Waals surface area (Å²) in [4.78, 5) is 25.8. The van der Waals surface area contributed by atoms with Gasteiger partial charge in [-0.05, 0) is 36.4 Å². The van der Waals surface area contributed by atoms with Crippen LogP contribution in [0.3, 0.4) is 0 Å². The van der Waals surface area contributed by atoms with Crippen LogP contribution in [0.15, 0.2) is 66.7 Å². The first-order valence-electron chi connectivity index (χ1n) is 9.55. The molecule has 1 heterocycles. The van der Waals surface area contributed by atoms with Crippen molar-refractivity contribution in [3.05, 3.63) is 88.4 Å². The zero-order chi connectivity index (χ0) is 23.6. The minimum atomic E-state index is -4.76. The Labute approximate surface area is 190 Å². The molecule has 0 unspecified atom stereocenters. The summed E-state index contributed by atoms with van der Waals surface area (Å²) in [5.41, 5.74) is -1.30. The van der Waals surface area contributed by atoms with Crippen LogP contribution >= 0.6 is 11.6 Å². The average Bonchev–Trinajstić information content (AvgIpc) is 3.26. The van der Waals surface area contributed by atoms with E-state index in [1.165, 1.54) is 36.4 Å². The van der Waals surface area contributed by atoms with Crippen LogP contribution in [0, 0.1) is 0 Å². The molecule has 6 nitrogen and oxygen atoms in total. The normalized spacial score (nSPS) is 13.3. The fraction of sp³-hybridized carbons (Fsp3) is 0.130. The van der Waals surface area contributed by atoms with E-state index in [0.29, 0.717) is 17.6 Å². The standard InChI is InChI=1S/C23H15ClF3NO5/c24-15-7-8-17(16(11-15)23(25,26)27)28-21(29)20(13-4-2-1-3-5-13)33-22(30)14-6-9-18-19(10-14)32-12-31-18/h1-11,20H,12H2,(H,28,29)/t20-/m1/s1. The van der Waals surface area contributed by atoms with Gasteiger partial charge in [0.15, 0.2) is 11.5 Å². The summed E-state index contributed by atoms with van der Waals surface area (Å²) < 4.78 is 56.1. The fourth-order valence-electron chi connectivity index (χ4n) is 3.16. The number of halogens is 4. The molecular formula is C23H15ClF3NO5. The van der Waals surface area contributed by atoms with E-state index in [-0.39, 0.29) is 22.9 Å². The van der Waals surface area contributed by atoms with Gasteiger partial charge in [-0.25, -0.2) is 4.79 Å². The van der Waals surface area contributed by atoms with Crippen molar-refractivity contribution in [3.8, 4) is 11.5 Å². The molecule has 1 amide bonds. The smallest absolute Gasteiger partial charge is 0.418 e. The lowest BCUT2D eigenvalue weighted by molar-refractivity contribution is -0.137.